The molecule has 112 valence electrons. The third kappa shape index (κ3) is 2.55. The van der Waals surface area contributed by atoms with Crippen molar-refractivity contribution in [2.45, 2.75) is 0 Å². The van der Waals surface area contributed by atoms with Gasteiger partial charge in [0.05, 0.1) is 12.0 Å². The number of hydrogen-bond donors (Lipinski definition) is 0. The summed E-state index contributed by atoms with van der Waals surface area (Å²) in [6.45, 7) is 4.05. The number of hydrogen-bond acceptors (Lipinski definition) is 5. The first-order valence-corrected chi connectivity index (χ1v) is 7.79. The van der Waals surface area contributed by atoms with Crippen LogP contribution in [0.2, 0.25) is 0 Å². The number of fused-ring (bicyclic) bond motifs is 1. The fourth-order valence-electron chi connectivity index (χ4n) is 2.20. The Morgan fingerprint density at radius 3 is 3.05 bits per heavy atom. The maximum absolute atomic E-state index is 12.3. The van der Waals surface area contributed by atoms with Crippen molar-refractivity contribution in [2.75, 3.05) is 13.7 Å². The molecule has 0 bridgehead atoms. The van der Waals surface area contributed by atoms with Crippen LogP contribution >= 0.6 is 24.0 Å². The SMILES string of the molecule is C=CCN1C(=O)/C(=C/c2cc3cccc(OC)c3o2)SC1=S. The molecule has 0 radical (unpaired) electrons. The predicted octanol–water partition coefficient (Wildman–Crippen LogP) is 3.83. The normalized spacial score (nSPS) is 16.8. The number of carbonyl (C=O) groups excluding carboxylic acids is 1. The van der Waals surface area contributed by atoms with Gasteiger partial charge in [0.1, 0.15) is 10.1 Å². The van der Waals surface area contributed by atoms with Crippen molar-refractivity contribution < 1.29 is 13.9 Å². The molecule has 2 heterocycles. The molecule has 0 aliphatic carbocycles. The molecule has 1 aliphatic rings. The average Bonchev–Trinajstić information content (AvgIpc) is 3.03. The highest BCUT2D eigenvalue weighted by atomic mass is 32.2. The van der Waals surface area contributed by atoms with Gasteiger partial charge in [0.15, 0.2) is 11.3 Å². The van der Waals surface area contributed by atoms with Crippen LogP contribution < -0.4 is 4.74 Å². The van der Waals surface area contributed by atoms with Crippen molar-refractivity contribution in [1.29, 1.82) is 0 Å². The van der Waals surface area contributed by atoms with Crippen LogP contribution in [0, 0.1) is 0 Å². The van der Waals surface area contributed by atoms with E-state index >= 15 is 0 Å². The lowest BCUT2D eigenvalue weighted by atomic mass is 10.2. The van der Waals surface area contributed by atoms with Gasteiger partial charge in [-0.2, -0.15) is 0 Å². The van der Waals surface area contributed by atoms with Gasteiger partial charge >= 0.3 is 0 Å². The molecule has 1 aromatic heterocycles. The Morgan fingerprint density at radius 2 is 2.32 bits per heavy atom. The summed E-state index contributed by atoms with van der Waals surface area (Å²) in [5.41, 5.74) is 0.665. The van der Waals surface area contributed by atoms with Gasteiger partial charge in [-0.25, -0.2) is 0 Å². The molecule has 2 aromatic rings. The molecule has 0 spiro atoms. The van der Waals surface area contributed by atoms with Crippen molar-refractivity contribution in [3.63, 3.8) is 0 Å². The molecule has 22 heavy (non-hydrogen) atoms. The van der Waals surface area contributed by atoms with Crippen LogP contribution in [-0.2, 0) is 4.79 Å². The van der Waals surface area contributed by atoms with Gasteiger partial charge in [0.25, 0.3) is 5.91 Å². The molecule has 0 unspecified atom stereocenters. The van der Waals surface area contributed by atoms with E-state index in [2.05, 4.69) is 6.58 Å². The minimum atomic E-state index is -0.123. The standard InChI is InChI=1S/C16H13NO3S2/c1-3-7-17-15(18)13(22-16(17)21)9-11-8-10-5-4-6-12(19-2)14(10)20-11/h3-6,8-9H,1,7H2,2H3/b13-9-. The zero-order chi connectivity index (χ0) is 15.7. The molecular formula is C16H13NO3S2. The number of thiocarbonyl (C=S) groups is 1. The molecule has 1 aromatic carbocycles. The van der Waals surface area contributed by atoms with Gasteiger partial charge in [-0.3, -0.25) is 9.69 Å². The third-order valence-corrected chi connectivity index (χ3v) is 4.58. The first kappa shape index (κ1) is 14.9. The fourth-order valence-corrected chi connectivity index (χ4v) is 3.46. The van der Waals surface area contributed by atoms with E-state index in [4.69, 9.17) is 21.4 Å². The summed E-state index contributed by atoms with van der Waals surface area (Å²) >= 11 is 6.48. The van der Waals surface area contributed by atoms with E-state index in [9.17, 15) is 4.79 Å². The first-order valence-electron chi connectivity index (χ1n) is 6.57. The maximum Gasteiger partial charge on any atom is 0.266 e. The third-order valence-electron chi connectivity index (χ3n) is 3.21. The summed E-state index contributed by atoms with van der Waals surface area (Å²) in [5, 5.41) is 0.923. The van der Waals surface area contributed by atoms with E-state index in [1.807, 2.05) is 24.3 Å². The van der Waals surface area contributed by atoms with E-state index in [1.165, 1.54) is 16.7 Å². The summed E-state index contributed by atoms with van der Waals surface area (Å²) in [7, 11) is 1.59. The number of carbonyl (C=O) groups is 1. The quantitative estimate of drug-likeness (QED) is 0.484. The summed E-state index contributed by atoms with van der Waals surface area (Å²) in [5.74, 6) is 1.14. The predicted molar refractivity (Wildman–Crippen MR) is 92.8 cm³/mol. The lowest BCUT2D eigenvalue weighted by Crippen LogP contribution is -2.27. The number of rotatable bonds is 4. The Morgan fingerprint density at radius 1 is 1.50 bits per heavy atom. The molecule has 0 atom stereocenters. The number of para-hydroxylation sites is 1. The lowest BCUT2D eigenvalue weighted by Gasteiger charge is -2.10. The van der Waals surface area contributed by atoms with Crippen LogP contribution in [0.5, 0.6) is 5.75 Å². The minimum Gasteiger partial charge on any atom is -0.493 e. The Kier molecular flexibility index (Phi) is 4.04. The monoisotopic (exact) mass is 331 g/mol. The number of nitrogens with zero attached hydrogens (tertiary/aromatic N) is 1. The molecule has 1 fully saturated rings. The van der Waals surface area contributed by atoms with Gasteiger partial charge in [-0.1, -0.05) is 42.2 Å². The van der Waals surface area contributed by atoms with Gasteiger partial charge in [-0.05, 0) is 12.1 Å². The highest BCUT2D eigenvalue weighted by Crippen LogP contribution is 2.34. The smallest absolute Gasteiger partial charge is 0.266 e. The summed E-state index contributed by atoms with van der Waals surface area (Å²) in [6.07, 6.45) is 3.36. The van der Waals surface area contributed by atoms with Crippen molar-refractivity contribution in [2.24, 2.45) is 0 Å². The molecule has 4 nitrogen and oxygen atoms in total. The Labute approximate surface area is 137 Å². The van der Waals surface area contributed by atoms with Gasteiger partial charge in [0, 0.05) is 18.0 Å². The molecule has 1 aliphatic heterocycles. The van der Waals surface area contributed by atoms with Crippen molar-refractivity contribution in [3.05, 3.63) is 47.6 Å². The van der Waals surface area contributed by atoms with E-state index in [0.29, 0.717) is 32.9 Å². The second-order valence-corrected chi connectivity index (χ2v) is 6.28. The zero-order valence-corrected chi connectivity index (χ0v) is 13.5. The largest absolute Gasteiger partial charge is 0.493 e. The molecule has 3 rings (SSSR count). The number of amides is 1. The zero-order valence-electron chi connectivity index (χ0n) is 11.9. The van der Waals surface area contributed by atoms with Crippen molar-refractivity contribution in [3.8, 4) is 5.75 Å². The summed E-state index contributed by atoms with van der Waals surface area (Å²) < 4.78 is 11.6. The van der Waals surface area contributed by atoms with Crippen molar-refractivity contribution in [1.82, 2.24) is 4.90 Å². The second kappa shape index (κ2) is 5.98. The highest BCUT2D eigenvalue weighted by Gasteiger charge is 2.31. The lowest BCUT2D eigenvalue weighted by molar-refractivity contribution is -0.121. The molecule has 1 saturated heterocycles. The fraction of sp³-hybridized carbons (Fsp3) is 0.125. The van der Waals surface area contributed by atoms with E-state index in [-0.39, 0.29) is 5.91 Å². The van der Waals surface area contributed by atoms with Crippen LogP contribution in [0.4, 0.5) is 0 Å². The highest BCUT2D eigenvalue weighted by molar-refractivity contribution is 8.26. The molecule has 1 amide bonds. The Bertz CT molecular complexity index is 807. The number of furan rings is 1. The second-order valence-electron chi connectivity index (χ2n) is 4.61. The van der Waals surface area contributed by atoms with Gasteiger partial charge < -0.3 is 9.15 Å². The minimum absolute atomic E-state index is 0.123. The first-order chi connectivity index (χ1) is 10.6. The van der Waals surface area contributed by atoms with Crippen LogP contribution in [0.1, 0.15) is 5.76 Å². The van der Waals surface area contributed by atoms with Gasteiger partial charge in [-0.15, -0.1) is 6.58 Å². The van der Waals surface area contributed by atoms with Crippen LogP contribution in [0.3, 0.4) is 0 Å². The number of methoxy groups -OCH3 is 1. The molecule has 0 N–H and O–H groups in total. The maximum atomic E-state index is 12.3. The van der Waals surface area contributed by atoms with E-state index in [1.54, 1.807) is 19.3 Å². The molecule has 0 saturated carbocycles. The average molecular weight is 331 g/mol. The molecule has 6 heteroatoms. The molecular weight excluding hydrogens is 318 g/mol. The van der Waals surface area contributed by atoms with E-state index < -0.39 is 0 Å². The number of ether oxygens (including phenoxy) is 1. The van der Waals surface area contributed by atoms with E-state index in [0.717, 1.165) is 5.39 Å². The summed E-state index contributed by atoms with van der Waals surface area (Å²) in [6, 6.07) is 7.53. The van der Waals surface area contributed by atoms with Gasteiger partial charge in [0.2, 0.25) is 0 Å². The van der Waals surface area contributed by atoms with Crippen LogP contribution in [0.25, 0.3) is 17.0 Å². The van der Waals surface area contributed by atoms with Crippen LogP contribution in [0.15, 0.2) is 46.2 Å². The summed E-state index contributed by atoms with van der Waals surface area (Å²) in [4.78, 5) is 14.3. The Hall–Kier alpha value is -2.05. The Balaban J connectivity index is 1.97. The number of benzene rings is 1. The van der Waals surface area contributed by atoms with Crippen molar-refractivity contribution >= 4 is 51.3 Å². The topological polar surface area (TPSA) is 42.7 Å². The van der Waals surface area contributed by atoms with Crippen LogP contribution in [-0.4, -0.2) is 28.8 Å². The number of thioether (sulfide) groups is 1.